The summed E-state index contributed by atoms with van der Waals surface area (Å²) >= 11 is 0. The summed E-state index contributed by atoms with van der Waals surface area (Å²) in [6.45, 7) is 5.65. The van der Waals surface area contributed by atoms with Crippen LogP contribution in [0.15, 0.2) is 36.5 Å². The van der Waals surface area contributed by atoms with Crippen LogP contribution in [-0.2, 0) is 4.79 Å². The zero-order valence-corrected chi connectivity index (χ0v) is 13.1. The molecule has 0 fully saturated rings. The number of hydrogen-bond acceptors (Lipinski definition) is 3. The predicted octanol–water partition coefficient (Wildman–Crippen LogP) is 2.43. The van der Waals surface area contributed by atoms with E-state index in [0.717, 1.165) is 23.6 Å². The highest BCUT2D eigenvalue weighted by Crippen LogP contribution is 2.33. The summed E-state index contributed by atoms with van der Waals surface area (Å²) in [5, 5.41) is 7.60. The van der Waals surface area contributed by atoms with E-state index < -0.39 is 0 Å². The zero-order chi connectivity index (χ0) is 15.7. The number of amides is 1. The average molecular weight is 296 g/mol. The summed E-state index contributed by atoms with van der Waals surface area (Å²) in [5.41, 5.74) is 3.35. The maximum Gasteiger partial charge on any atom is 0.217 e. The van der Waals surface area contributed by atoms with Gasteiger partial charge in [-0.1, -0.05) is 18.2 Å². The number of nitrogens with one attached hydrogen (secondary N) is 1. The molecular weight excluding hydrogens is 276 g/mol. The Labute approximate surface area is 130 Å². The molecule has 1 amide bonds. The molecule has 1 N–H and O–H groups in total. The van der Waals surface area contributed by atoms with Gasteiger partial charge in [0.05, 0.1) is 5.69 Å². The van der Waals surface area contributed by atoms with Gasteiger partial charge in [0.1, 0.15) is 0 Å². The van der Waals surface area contributed by atoms with Crippen molar-refractivity contribution < 1.29 is 4.79 Å². The highest BCUT2D eigenvalue weighted by molar-refractivity contribution is 5.73. The molecule has 0 aliphatic heterocycles. The highest BCUT2D eigenvalue weighted by atomic mass is 16.1. The van der Waals surface area contributed by atoms with E-state index in [1.807, 2.05) is 29.8 Å². The van der Waals surface area contributed by atoms with Gasteiger partial charge < -0.3 is 5.32 Å². The number of carbonyl (C=O) groups is 1. The number of carbonyl (C=O) groups excluding carboxylic acids is 1. The molecule has 5 nitrogen and oxygen atoms in total. The monoisotopic (exact) mass is 296 g/mol. The first-order chi connectivity index (χ1) is 10.6. The van der Waals surface area contributed by atoms with Gasteiger partial charge in [-0.25, -0.2) is 9.67 Å². The van der Waals surface area contributed by atoms with Crippen LogP contribution in [0.5, 0.6) is 0 Å². The zero-order valence-electron chi connectivity index (χ0n) is 13.1. The van der Waals surface area contributed by atoms with Crippen molar-refractivity contribution in [1.29, 1.82) is 0 Å². The SMILES string of the molecule is CC(=O)N[C@@H]1C=C[C@@H](c2c(C)nn(-c3ccccn3)c2C)C1. The normalized spacial score (nSPS) is 20.3. The molecule has 2 heterocycles. The summed E-state index contributed by atoms with van der Waals surface area (Å²) < 4.78 is 1.89. The van der Waals surface area contributed by atoms with Gasteiger partial charge in [-0.05, 0) is 32.4 Å². The number of aryl methyl sites for hydroxylation is 1. The Morgan fingerprint density at radius 2 is 2.14 bits per heavy atom. The third kappa shape index (κ3) is 2.66. The molecule has 5 heteroatoms. The van der Waals surface area contributed by atoms with Crippen molar-refractivity contribution in [3.8, 4) is 5.82 Å². The maximum atomic E-state index is 11.2. The summed E-state index contributed by atoms with van der Waals surface area (Å²) in [6.07, 6.45) is 6.90. The van der Waals surface area contributed by atoms with E-state index in [0.29, 0.717) is 0 Å². The lowest BCUT2D eigenvalue weighted by Gasteiger charge is -2.13. The fraction of sp³-hybridized carbons (Fsp3) is 0.353. The Morgan fingerprint density at radius 1 is 1.32 bits per heavy atom. The molecule has 22 heavy (non-hydrogen) atoms. The van der Waals surface area contributed by atoms with E-state index in [2.05, 4.69) is 34.5 Å². The maximum absolute atomic E-state index is 11.2. The van der Waals surface area contributed by atoms with Crippen LogP contribution in [0.1, 0.15) is 36.2 Å². The molecule has 114 valence electrons. The van der Waals surface area contributed by atoms with Crippen LogP contribution in [0, 0.1) is 13.8 Å². The van der Waals surface area contributed by atoms with Crippen molar-refractivity contribution in [3.63, 3.8) is 0 Å². The third-order valence-electron chi connectivity index (χ3n) is 4.06. The number of nitrogens with zero attached hydrogens (tertiary/aromatic N) is 3. The Kier molecular flexibility index (Phi) is 3.79. The van der Waals surface area contributed by atoms with Crippen molar-refractivity contribution in [2.24, 2.45) is 0 Å². The molecule has 0 bridgehead atoms. The smallest absolute Gasteiger partial charge is 0.217 e. The molecule has 1 aliphatic rings. The molecule has 0 saturated carbocycles. The lowest BCUT2D eigenvalue weighted by molar-refractivity contribution is -0.119. The van der Waals surface area contributed by atoms with Crippen LogP contribution in [0.25, 0.3) is 5.82 Å². The van der Waals surface area contributed by atoms with Crippen molar-refractivity contribution in [2.75, 3.05) is 0 Å². The first-order valence-corrected chi connectivity index (χ1v) is 7.49. The number of hydrogen-bond donors (Lipinski definition) is 1. The van der Waals surface area contributed by atoms with E-state index in [4.69, 9.17) is 0 Å². The molecule has 0 radical (unpaired) electrons. The van der Waals surface area contributed by atoms with Gasteiger partial charge in [0.15, 0.2) is 5.82 Å². The van der Waals surface area contributed by atoms with E-state index >= 15 is 0 Å². The molecule has 0 spiro atoms. The summed E-state index contributed by atoms with van der Waals surface area (Å²) in [4.78, 5) is 15.6. The fourth-order valence-electron chi connectivity index (χ4n) is 3.17. The van der Waals surface area contributed by atoms with Crippen LogP contribution in [-0.4, -0.2) is 26.7 Å². The van der Waals surface area contributed by atoms with Gasteiger partial charge in [-0.15, -0.1) is 0 Å². The molecular formula is C17H20N4O. The summed E-state index contributed by atoms with van der Waals surface area (Å²) in [5.74, 6) is 1.12. The second kappa shape index (κ2) is 5.75. The van der Waals surface area contributed by atoms with Gasteiger partial charge in [-0.2, -0.15) is 5.10 Å². The molecule has 0 saturated heterocycles. The number of aromatic nitrogens is 3. The second-order valence-corrected chi connectivity index (χ2v) is 5.72. The van der Waals surface area contributed by atoms with Crippen molar-refractivity contribution in [1.82, 2.24) is 20.1 Å². The van der Waals surface area contributed by atoms with Gasteiger partial charge in [0, 0.05) is 36.3 Å². The van der Waals surface area contributed by atoms with Gasteiger partial charge in [0.2, 0.25) is 5.91 Å². The topological polar surface area (TPSA) is 59.8 Å². The Balaban J connectivity index is 1.89. The first-order valence-electron chi connectivity index (χ1n) is 7.49. The molecule has 1 aliphatic carbocycles. The first kappa shape index (κ1) is 14.5. The lowest BCUT2D eigenvalue weighted by atomic mass is 9.96. The van der Waals surface area contributed by atoms with Gasteiger partial charge in [0.25, 0.3) is 0 Å². The van der Waals surface area contributed by atoms with E-state index in [1.54, 1.807) is 13.1 Å². The standard InChI is InChI=1S/C17H20N4O/c1-11-17(14-7-8-15(10-14)19-13(3)22)12(2)21(20-11)16-6-4-5-9-18-16/h4-9,14-15H,10H2,1-3H3,(H,19,22)/t14-,15-/m1/s1. The van der Waals surface area contributed by atoms with Crippen LogP contribution >= 0.6 is 0 Å². The number of rotatable bonds is 3. The Hall–Kier alpha value is -2.43. The minimum absolute atomic E-state index is 0.00734. The van der Waals surface area contributed by atoms with E-state index in [9.17, 15) is 4.79 Å². The molecule has 3 rings (SSSR count). The number of pyridine rings is 1. The van der Waals surface area contributed by atoms with Crippen LogP contribution in [0.3, 0.4) is 0 Å². The quantitative estimate of drug-likeness (QED) is 0.885. The average Bonchev–Trinajstić information content (AvgIpc) is 3.04. The number of allylic oxidation sites excluding steroid dienone is 1. The van der Waals surface area contributed by atoms with Crippen LogP contribution in [0.4, 0.5) is 0 Å². The van der Waals surface area contributed by atoms with Crippen molar-refractivity contribution in [2.45, 2.75) is 39.2 Å². The Bertz CT molecular complexity index is 718. The molecule has 2 atom stereocenters. The van der Waals surface area contributed by atoms with E-state index in [-0.39, 0.29) is 17.9 Å². The largest absolute Gasteiger partial charge is 0.350 e. The minimum atomic E-state index is 0.00734. The van der Waals surface area contributed by atoms with Gasteiger partial charge in [-0.3, -0.25) is 4.79 Å². The third-order valence-corrected chi connectivity index (χ3v) is 4.06. The molecule has 0 aromatic carbocycles. The summed E-state index contributed by atoms with van der Waals surface area (Å²) in [7, 11) is 0. The minimum Gasteiger partial charge on any atom is -0.350 e. The molecule has 0 unspecified atom stereocenters. The van der Waals surface area contributed by atoms with Crippen LogP contribution in [0.2, 0.25) is 0 Å². The van der Waals surface area contributed by atoms with Crippen LogP contribution < -0.4 is 5.32 Å². The fourth-order valence-corrected chi connectivity index (χ4v) is 3.17. The lowest BCUT2D eigenvalue weighted by Crippen LogP contribution is -2.30. The van der Waals surface area contributed by atoms with Gasteiger partial charge >= 0.3 is 0 Å². The predicted molar refractivity (Wildman–Crippen MR) is 84.9 cm³/mol. The van der Waals surface area contributed by atoms with Crippen molar-refractivity contribution >= 4 is 5.91 Å². The highest BCUT2D eigenvalue weighted by Gasteiger charge is 2.26. The summed E-state index contributed by atoms with van der Waals surface area (Å²) in [6, 6.07) is 5.92. The Morgan fingerprint density at radius 3 is 2.82 bits per heavy atom. The molecule has 2 aromatic rings. The van der Waals surface area contributed by atoms with Crippen molar-refractivity contribution in [3.05, 3.63) is 53.5 Å². The molecule has 2 aromatic heterocycles. The second-order valence-electron chi connectivity index (χ2n) is 5.72. The van der Waals surface area contributed by atoms with E-state index in [1.165, 1.54) is 5.56 Å².